The fraction of sp³-hybridized carbons (Fsp3) is 0.200. The normalized spacial score (nSPS) is 10.5. The SMILES string of the molecule is Cc1ncc(CNc2ccccc2Sc2ccccc2[N+](=O)[O-])c(N(C)C)n1. The zero-order valence-corrected chi connectivity index (χ0v) is 16.7. The molecule has 8 heteroatoms. The van der Waals surface area contributed by atoms with E-state index in [2.05, 4.69) is 15.3 Å². The molecule has 0 aliphatic rings. The van der Waals surface area contributed by atoms with E-state index >= 15 is 0 Å². The van der Waals surface area contributed by atoms with Gasteiger partial charge in [0.15, 0.2) is 0 Å². The molecular formula is C20H21N5O2S. The van der Waals surface area contributed by atoms with Gasteiger partial charge in [-0.1, -0.05) is 36.0 Å². The van der Waals surface area contributed by atoms with Crippen molar-refractivity contribution in [2.24, 2.45) is 0 Å². The van der Waals surface area contributed by atoms with E-state index in [1.165, 1.54) is 17.8 Å². The van der Waals surface area contributed by atoms with Crippen molar-refractivity contribution in [1.82, 2.24) is 9.97 Å². The first kappa shape index (κ1) is 19.6. The van der Waals surface area contributed by atoms with E-state index in [1.54, 1.807) is 18.2 Å². The van der Waals surface area contributed by atoms with Crippen LogP contribution in [0.5, 0.6) is 0 Å². The van der Waals surface area contributed by atoms with E-state index in [0.717, 1.165) is 27.8 Å². The summed E-state index contributed by atoms with van der Waals surface area (Å²) < 4.78 is 0. The van der Waals surface area contributed by atoms with Crippen molar-refractivity contribution in [3.63, 3.8) is 0 Å². The summed E-state index contributed by atoms with van der Waals surface area (Å²) in [6.07, 6.45) is 1.82. The molecule has 1 aromatic heterocycles. The first-order chi connectivity index (χ1) is 13.5. The van der Waals surface area contributed by atoms with Crippen LogP contribution in [0.25, 0.3) is 0 Å². The van der Waals surface area contributed by atoms with E-state index in [1.807, 2.05) is 56.4 Å². The average molecular weight is 395 g/mol. The van der Waals surface area contributed by atoms with Crippen LogP contribution < -0.4 is 10.2 Å². The van der Waals surface area contributed by atoms with Gasteiger partial charge < -0.3 is 10.2 Å². The average Bonchev–Trinajstić information content (AvgIpc) is 2.68. The van der Waals surface area contributed by atoms with Crippen LogP contribution in [0.15, 0.2) is 64.5 Å². The molecule has 1 N–H and O–H groups in total. The molecule has 0 fully saturated rings. The summed E-state index contributed by atoms with van der Waals surface area (Å²) in [5.41, 5.74) is 1.97. The second-order valence-corrected chi connectivity index (χ2v) is 7.42. The molecule has 0 aliphatic heterocycles. The fourth-order valence-corrected chi connectivity index (χ4v) is 3.73. The standard InChI is InChI=1S/C20H21N5O2S/c1-14-21-12-15(20(23-14)24(2)3)13-22-16-8-4-6-10-18(16)28-19-11-7-5-9-17(19)25(26)27/h4-12,22H,13H2,1-3H3. The number of nitro benzene ring substituents is 1. The molecule has 144 valence electrons. The molecule has 0 saturated heterocycles. The molecule has 1 heterocycles. The first-order valence-corrected chi connectivity index (χ1v) is 9.51. The summed E-state index contributed by atoms with van der Waals surface area (Å²) >= 11 is 1.37. The lowest BCUT2D eigenvalue weighted by Crippen LogP contribution is -2.16. The number of anilines is 2. The van der Waals surface area contributed by atoms with Gasteiger partial charge in [-0.25, -0.2) is 9.97 Å². The summed E-state index contributed by atoms with van der Waals surface area (Å²) in [6, 6.07) is 14.5. The highest BCUT2D eigenvalue weighted by atomic mass is 32.2. The number of nitro groups is 1. The number of para-hydroxylation sites is 2. The van der Waals surface area contributed by atoms with E-state index in [-0.39, 0.29) is 10.6 Å². The third kappa shape index (κ3) is 4.58. The van der Waals surface area contributed by atoms with Gasteiger partial charge >= 0.3 is 0 Å². The lowest BCUT2D eigenvalue weighted by molar-refractivity contribution is -0.387. The lowest BCUT2D eigenvalue weighted by atomic mass is 10.2. The van der Waals surface area contributed by atoms with Crippen LogP contribution in [-0.2, 0) is 6.54 Å². The highest BCUT2D eigenvalue weighted by molar-refractivity contribution is 7.99. The predicted octanol–water partition coefficient (Wildman–Crippen LogP) is 4.52. The third-order valence-corrected chi connectivity index (χ3v) is 5.17. The fourth-order valence-electron chi connectivity index (χ4n) is 2.70. The molecule has 0 spiro atoms. The Labute approximate surface area is 168 Å². The summed E-state index contributed by atoms with van der Waals surface area (Å²) in [7, 11) is 3.90. The number of nitrogens with one attached hydrogen (secondary N) is 1. The Hall–Kier alpha value is -3.13. The highest BCUT2D eigenvalue weighted by Gasteiger charge is 2.15. The highest BCUT2D eigenvalue weighted by Crippen LogP contribution is 2.38. The minimum Gasteiger partial charge on any atom is -0.380 e. The van der Waals surface area contributed by atoms with Gasteiger partial charge in [0.05, 0.1) is 9.82 Å². The van der Waals surface area contributed by atoms with E-state index in [4.69, 9.17) is 0 Å². The van der Waals surface area contributed by atoms with Gasteiger partial charge in [0.25, 0.3) is 5.69 Å². The van der Waals surface area contributed by atoms with Crippen LogP contribution >= 0.6 is 11.8 Å². The van der Waals surface area contributed by atoms with Crippen molar-refractivity contribution in [3.8, 4) is 0 Å². The maximum Gasteiger partial charge on any atom is 0.283 e. The number of rotatable bonds is 7. The van der Waals surface area contributed by atoms with Crippen molar-refractivity contribution < 1.29 is 4.92 Å². The van der Waals surface area contributed by atoms with Gasteiger partial charge in [0.1, 0.15) is 11.6 Å². The Kier molecular flexibility index (Phi) is 6.10. The van der Waals surface area contributed by atoms with E-state index in [0.29, 0.717) is 11.4 Å². The molecule has 28 heavy (non-hydrogen) atoms. The molecular weight excluding hydrogens is 374 g/mol. The Bertz CT molecular complexity index is 994. The summed E-state index contributed by atoms with van der Waals surface area (Å²) in [5.74, 6) is 1.59. The number of benzene rings is 2. The molecule has 2 aromatic carbocycles. The minimum absolute atomic E-state index is 0.101. The number of nitrogens with zero attached hydrogens (tertiary/aromatic N) is 4. The Morgan fingerprint density at radius 3 is 2.50 bits per heavy atom. The zero-order chi connectivity index (χ0) is 20.1. The van der Waals surface area contributed by atoms with Gasteiger partial charge in [-0.15, -0.1) is 0 Å². The summed E-state index contributed by atoms with van der Waals surface area (Å²) in [5, 5.41) is 14.7. The first-order valence-electron chi connectivity index (χ1n) is 8.69. The van der Waals surface area contributed by atoms with Crippen LogP contribution in [-0.4, -0.2) is 29.0 Å². The molecule has 0 aliphatic carbocycles. The second-order valence-electron chi connectivity index (χ2n) is 6.34. The Morgan fingerprint density at radius 2 is 1.79 bits per heavy atom. The monoisotopic (exact) mass is 395 g/mol. The van der Waals surface area contributed by atoms with Crippen molar-refractivity contribution in [1.29, 1.82) is 0 Å². The molecule has 0 saturated carbocycles. The van der Waals surface area contributed by atoms with Crippen LogP contribution in [0.2, 0.25) is 0 Å². The van der Waals surface area contributed by atoms with Gasteiger partial charge in [-0.3, -0.25) is 10.1 Å². The number of hydrogen-bond donors (Lipinski definition) is 1. The Morgan fingerprint density at radius 1 is 1.11 bits per heavy atom. The van der Waals surface area contributed by atoms with E-state index < -0.39 is 0 Å². The molecule has 0 atom stereocenters. The molecule has 0 bridgehead atoms. The molecule has 3 rings (SSSR count). The van der Waals surface area contributed by atoms with Gasteiger partial charge in [-0.2, -0.15) is 0 Å². The summed E-state index contributed by atoms with van der Waals surface area (Å²) in [6.45, 7) is 2.41. The number of hydrogen-bond acceptors (Lipinski definition) is 7. The summed E-state index contributed by atoms with van der Waals surface area (Å²) in [4.78, 5) is 23.2. The molecule has 3 aromatic rings. The maximum absolute atomic E-state index is 11.3. The molecule has 0 radical (unpaired) electrons. The van der Waals surface area contributed by atoms with Gasteiger partial charge in [-0.05, 0) is 25.1 Å². The maximum atomic E-state index is 11.3. The number of aromatic nitrogens is 2. The van der Waals surface area contributed by atoms with Crippen LogP contribution in [0.4, 0.5) is 17.2 Å². The molecule has 7 nitrogen and oxygen atoms in total. The molecule has 0 amide bonds. The van der Waals surface area contributed by atoms with Crippen LogP contribution in [0.1, 0.15) is 11.4 Å². The van der Waals surface area contributed by atoms with Crippen LogP contribution in [0.3, 0.4) is 0 Å². The smallest absolute Gasteiger partial charge is 0.283 e. The van der Waals surface area contributed by atoms with Crippen molar-refractivity contribution in [2.75, 3.05) is 24.3 Å². The second kappa shape index (κ2) is 8.71. The van der Waals surface area contributed by atoms with Crippen LogP contribution in [0, 0.1) is 17.0 Å². The van der Waals surface area contributed by atoms with Crippen molar-refractivity contribution in [3.05, 3.63) is 76.2 Å². The predicted molar refractivity (Wildman–Crippen MR) is 112 cm³/mol. The topological polar surface area (TPSA) is 84.2 Å². The Balaban J connectivity index is 1.84. The van der Waals surface area contributed by atoms with E-state index in [9.17, 15) is 10.1 Å². The quantitative estimate of drug-likeness (QED) is 0.465. The number of aryl methyl sites for hydroxylation is 1. The minimum atomic E-state index is -0.356. The van der Waals surface area contributed by atoms with Gasteiger partial charge in [0, 0.05) is 49.0 Å². The van der Waals surface area contributed by atoms with Gasteiger partial charge in [0.2, 0.25) is 0 Å². The molecule has 0 unspecified atom stereocenters. The zero-order valence-electron chi connectivity index (χ0n) is 15.9. The van der Waals surface area contributed by atoms with Crippen molar-refractivity contribution >= 4 is 29.0 Å². The third-order valence-electron chi connectivity index (χ3n) is 4.02. The van der Waals surface area contributed by atoms with Crippen molar-refractivity contribution in [2.45, 2.75) is 23.3 Å². The largest absolute Gasteiger partial charge is 0.380 e. The lowest BCUT2D eigenvalue weighted by Gasteiger charge is -2.18.